The van der Waals surface area contributed by atoms with Gasteiger partial charge in [0.2, 0.25) is 0 Å². The third kappa shape index (κ3) is 2.98. The number of hydrogen-bond acceptors (Lipinski definition) is 2. The van der Waals surface area contributed by atoms with Crippen LogP contribution in [0.3, 0.4) is 0 Å². The molecular formula is C16H25NO. The molecule has 1 aliphatic rings. The molecule has 0 bridgehead atoms. The molecule has 0 aromatic heterocycles. The summed E-state index contributed by atoms with van der Waals surface area (Å²) in [4.78, 5) is 0. The van der Waals surface area contributed by atoms with Crippen LogP contribution >= 0.6 is 0 Å². The third-order valence-corrected chi connectivity index (χ3v) is 4.20. The van der Waals surface area contributed by atoms with Gasteiger partial charge < -0.3 is 10.1 Å². The summed E-state index contributed by atoms with van der Waals surface area (Å²) in [5, 5.41) is 3.70. The predicted octanol–water partition coefficient (Wildman–Crippen LogP) is 4.24. The van der Waals surface area contributed by atoms with Gasteiger partial charge in [-0.1, -0.05) is 20.3 Å². The molecule has 2 heteroatoms. The molecule has 0 amide bonds. The first-order chi connectivity index (χ1) is 8.60. The molecule has 3 unspecified atom stereocenters. The highest BCUT2D eigenvalue weighted by Gasteiger charge is 2.25. The normalized spacial score (nSPS) is 27.9. The van der Waals surface area contributed by atoms with Crippen LogP contribution in [0, 0.1) is 18.8 Å². The average molecular weight is 247 g/mol. The van der Waals surface area contributed by atoms with Crippen LogP contribution in [-0.2, 0) is 0 Å². The Morgan fingerprint density at radius 1 is 1.22 bits per heavy atom. The quantitative estimate of drug-likeness (QED) is 0.862. The summed E-state index contributed by atoms with van der Waals surface area (Å²) in [5.41, 5.74) is 2.42. The minimum absolute atomic E-state index is 0.613. The van der Waals surface area contributed by atoms with E-state index >= 15 is 0 Å². The highest BCUT2D eigenvalue weighted by Crippen LogP contribution is 2.31. The van der Waals surface area contributed by atoms with E-state index in [4.69, 9.17) is 4.74 Å². The lowest BCUT2D eigenvalue weighted by Crippen LogP contribution is -2.33. The molecule has 100 valence electrons. The topological polar surface area (TPSA) is 21.3 Å². The lowest BCUT2D eigenvalue weighted by Gasteiger charge is -2.34. The van der Waals surface area contributed by atoms with Crippen LogP contribution in [0.2, 0.25) is 0 Å². The van der Waals surface area contributed by atoms with Crippen LogP contribution in [0.4, 0.5) is 5.69 Å². The number of ether oxygens (including phenoxy) is 1. The van der Waals surface area contributed by atoms with E-state index in [1.165, 1.54) is 30.5 Å². The second-order valence-corrected chi connectivity index (χ2v) is 5.83. The van der Waals surface area contributed by atoms with Crippen molar-refractivity contribution < 1.29 is 4.74 Å². The molecule has 2 rings (SSSR count). The Kier molecular flexibility index (Phi) is 4.15. The van der Waals surface area contributed by atoms with E-state index in [0.29, 0.717) is 6.04 Å². The monoisotopic (exact) mass is 247 g/mol. The summed E-state index contributed by atoms with van der Waals surface area (Å²) in [6.07, 6.45) is 4.00. The van der Waals surface area contributed by atoms with Crippen molar-refractivity contribution in [3.05, 3.63) is 23.8 Å². The van der Waals surface area contributed by atoms with Crippen molar-refractivity contribution in [1.29, 1.82) is 0 Å². The van der Waals surface area contributed by atoms with Gasteiger partial charge in [-0.25, -0.2) is 0 Å². The van der Waals surface area contributed by atoms with Crippen molar-refractivity contribution >= 4 is 5.69 Å². The standard InChI is InChI=1S/C16H25NO/c1-11-5-6-12(2)15(9-11)17-14-7-8-16(18-4)13(3)10-14/h7-8,10-12,15,17H,5-6,9H2,1-4H3. The van der Waals surface area contributed by atoms with E-state index in [-0.39, 0.29) is 0 Å². The fourth-order valence-corrected chi connectivity index (χ4v) is 2.92. The van der Waals surface area contributed by atoms with E-state index in [1.54, 1.807) is 7.11 Å². The molecular weight excluding hydrogens is 222 g/mol. The van der Waals surface area contributed by atoms with Gasteiger partial charge in [-0.3, -0.25) is 0 Å². The molecule has 1 fully saturated rings. The minimum atomic E-state index is 0.613. The van der Waals surface area contributed by atoms with Crippen LogP contribution in [0.25, 0.3) is 0 Å². The van der Waals surface area contributed by atoms with Gasteiger partial charge in [0.05, 0.1) is 7.11 Å². The van der Waals surface area contributed by atoms with Crippen molar-refractivity contribution in [2.75, 3.05) is 12.4 Å². The molecule has 1 aromatic carbocycles. The van der Waals surface area contributed by atoms with Gasteiger partial charge in [-0.05, 0) is 55.4 Å². The van der Waals surface area contributed by atoms with Crippen molar-refractivity contribution in [3.8, 4) is 5.75 Å². The molecule has 1 saturated carbocycles. The Balaban J connectivity index is 2.06. The molecule has 1 aliphatic carbocycles. The SMILES string of the molecule is COc1ccc(NC2CC(C)CCC2C)cc1C. The number of hydrogen-bond donors (Lipinski definition) is 1. The van der Waals surface area contributed by atoms with Crippen LogP contribution in [0.15, 0.2) is 18.2 Å². The van der Waals surface area contributed by atoms with Crippen molar-refractivity contribution in [3.63, 3.8) is 0 Å². The Morgan fingerprint density at radius 3 is 2.67 bits per heavy atom. The van der Waals surface area contributed by atoms with Gasteiger partial charge in [0.15, 0.2) is 0 Å². The minimum Gasteiger partial charge on any atom is -0.496 e. The van der Waals surface area contributed by atoms with Gasteiger partial charge in [0.25, 0.3) is 0 Å². The van der Waals surface area contributed by atoms with E-state index in [9.17, 15) is 0 Å². The Morgan fingerprint density at radius 2 is 2.00 bits per heavy atom. The van der Waals surface area contributed by atoms with E-state index < -0.39 is 0 Å². The van der Waals surface area contributed by atoms with Crippen molar-refractivity contribution in [2.24, 2.45) is 11.8 Å². The molecule has 0 saturated heterocycles. The molecule has 0 aliphatic heterocycles. The summed E-state index contributed by atoms with van der Waals surface area (Å²) in [5.74, 6) is 2.58. The second kappa shape index (κ2) is 5.64. The molecule has 1 aromatic rings. The first kappa shape index (κ1) is 13.3. The smallest absolute Gasteiger partial charge is 0.121 e. The van der Waals surface area contributed by atoms with Gasteiger partial charge in [-0.2, -0.15) is 0 Å². The van der Waals surface area contributed by atoms with Crippen molar-refractivity contribution in [2.45, 2.75) is 46.1 Å². The molecule has 0 spiro atoms. The predicted molar refractivity (Wildman–Crippen MR) is 77.3 cm³/mol. The number of benzene rings is 1. The summed E-state index contributed by atoms with van der Waals surface area (Å²) >= 11 is 0. The average Bonchev–Trinajstić information content (AvgIpc) is 2.34. The number of aryl methyl sites for hydroxylation is 1. The zero-order valence-corrected chi connectivity index (χ0v) is 12.0. The fraction of sp³-hybridized carbons (Fsp3) is 0.625. The fourth-order valence-electron chi connectivity index (χ4n) is 2.92. The lowest BCUT2D eigenvalue weighted by atomic mass is 9.80. The molecule has 0 radical (unpaired) electrons. The number of nitrogens with one attached hydrogen (secondary N) is 1. The summed E-state index contributed by atoms with van der Waals surface area (Å²) in [7, 11) is 1.72. The Labute approximate surface area is 111 Å². The summed E-state index contributed by atoms with van der Waals surface area (Å²) in [6.45, 7) is 6.82. The third-order valence-electron chi connectivity index (χ3n) is 4.20. The maximum absolute atomic E-state index is 5.30. The zero-order valence-electron chi connectivity index (χ0n) is 12.0. The van der Waals surface area contributed by atoms with Gasteiger partial charge in [0.1, 0.15) is 5.75 Å². The number of rotatable bonds is 3. The molecule has 0 heterocycles. The Hall–Kier alpha value is -1.18. The van der Waals surface area contributed by atoms with Crippen LogP contribution in [0.1, 0.15) is 38.7 Å². The van der Waals surface area contributed by atoms with Crippen LogP contribution in [-0.4, -0.2) is 13.2 Å². The lowest BCUT2D eigenvalue weighted by molar-refractivity contribution is 0.280. The van der Waals surface area contributed by atoms with Gasteiger partial charge in [0, 0.05) is 11.7 Å². The van der Waals surface area contributed by atoms with Crippen LogP contribution < -0.4 is 10.1 Å². The van der Waals surface area contributed by atoms with Crippen LogP contribution in [0.5, 0.6) is 5.75 Å². The summed E-state index contributed by atoms with van der Waals surface area (Å²) in [6, 6.07) is 6.97. The number of anilines is 1. The van der Waals surface area contributed by atoms with Crippen molar-refractivity contribution in [1.82, 2.24) is 0 Å². The highest BCUT2D eigenvalue weighted by molar-refractivity contribution is 5.51. The molecule has 1 N–H and O–H groups in total. The summed E-state index contributed by atoms with van der Waals surface area (Å²) < 4.78 is 5.30. The maximum atomic E-state index is 5.30. The van der Waals surface area contributed by atoms with E-state index in [1.807, 2.05) is 0 Å². The Bertz CT molecular complexity index is 402. The van der Waals surface area contributed by atoms with E-state index in [2.05, 4.69) is 44.3 Å². The molecule has 2 nitrogen and oxygen atoms in total. The second-order valence-electron chi connectivity index (χ2n) is 5.83. The molecule has 18 heavy (non-hydrogen) atoms. The number of methoxy groups -OCH3 is 1. The van der Waals surface area contributed by atoms with Gasteiger partial charge >= 0.3 is 0 Å². The first-order valence-corrected chi connectivity index (χ1v) is 7.01. The van der Waals surface area contributed by atoms with Gasteiger partial charge in [-0.15, -0.1) is 0 Å². The zero-order chi connectivity index (χ0) is 13.1. The largest absolute Gasteiger partial charge is 0.496 e. The highest BCUT2D eigenvalue weighted by atomic mass is 16.5. The van der Waals surface area contributed by atoms with E-state index in [0.717, 1.165) is 17.6 Å². The maximum Gasteiger partial charge on any atom is 0.121 e. The molecule has 3 atom stereocenters. The first-order valence-electron chi connectivity index (χ1n) is 7.01.